The van der Waals surface area contributed by atoms with E-state index in [0.717, 1.165) is 57.3 Å². The van der Waals surface area contributed by atoms with E-state index in [2.05, 4.69) is 44.5 Å². The van der Waals surface area contributed by atoms with Crippen LogP contribution in [0.5, 0.6) is 5.75 Å². The summed E-state index contributed by atoms with van der Waals surface area (Å²) >= 11 is 6.02. The largest absolute Gasteiger partial charge is 0.488 e. The molecule has 1 spiro atoms. The minimum absolute atomic E-state index is 0.0184. The van der Waals surface area contributed by atoms with Crippen LogP contribution in [0.1, 0.15) is 44.9 Å². The quantitative estimate of drug-likeness (QED) is 0.262. The van der Waals surface area contributed by atoms with E-state index in [1.807, 2.05) is 18.2 Å². The molecular weight excluding hydrogens is 591 g/mol. The van der Waals surface area contributed by atoms with Gasteiger partial charge >= 0.3 is 0 Å². The molecule has 0 radical (unpaired) electrons. The highest BCUT2D eigenvalue weighted by Crippen LogP contribution is 2.51. The third kappa shape index (κ3) is 6.53. The molecule has 2 aliphatic heterocycles. The molecule has 2 bridgehead atoms. The smallest absolute Gasteiger partial charge is 0.248 e. The normalized spacial score (nSPS) is 25.1. The Morgan fingerprint density at radius 1 is 1.09 bits per heavy atom. The molecule has 7 rings (SSSR count). The predicted octanol–water partition coefficient (Wildman–Crippen LogP) is 6.89. The third-order valence-electron chi connectivity index (χ3n) is 10.7. The lowest BCUT2D eigenvalue weighted by molar-refractivity contribution is -0.112. The molecule has 238 valence electrons. The van der Waals surface area contributed by atoms with E-state index in [0.29, 0.717) is 45.2 Å². The summed E-state index contributed by atoms with van der Waals surface area (Å²) in [5, 5.41) is 7.06. The molecule has 3 heterocycles. The van der Waals surface area contributed by atoms with Gasteiger partial charge in [-0.25, -0.2) is 14.4 Å². The van der Waals surface area contributed by atoms with Crippen molar-refractivity contribution in [3.8, 4) is 5.75 Å². The van der Waals surface area contributed by atoms with Gasteiger partial charge in [-0.15, -0.1) is 0 Å². The molecule has 2 unspecified atom stereocenters. The molecule has 3 aromatic rings. The average molecular weight is 633 g/mol. The first-order chi connectivity index (χ1) is 21.7. The Balaban J connectivity index is 1.11. The number of carbonyl (C=O) groups is 1. The molecule has 1 aromatic heterocycles. The fraction of sp³-hybridized carbons (Fsp3) is 0.514. The Morgan fingerprint density at radius 3 is 2.58 bits per heavy atom. The van der Waals surface area contributed by atoms with E-state index < -0.39 is 5.82 Å². The van der Waals surface area contributed by atoms with Gasteiger partial charge in [0.1, 0.15) is 23.7 Å². The lowest BCUT2D eigenvalue weighted by Gasteiger charge is -2.51. The second-order valence-corrected chi connectivity index (χ2v) is 14.3. The Labute approximate surface area is 269 Å². The molecule has 4 fully saturated rings. The molecule has 2 N–H and O–H groups in total. The number of benzene rings is 2. The van der Waals surface area contributed by atoms with E-state index in [-0.39, 0.29) is 17.0 Å². The van der Waals surface area contributed by atoms with Crippen LogP contribution in [0, 0.1) is 29.0 Å². The van der Waals surface area contributed by atoms with Crippen LogP contribution in [0.25, 0.3) is 10.9 Å². The summed E-state index contributed by atoms with van der Waals surface area (Å²) < 4.78 is 20.4. The number of anilines is 3. The maximum atomic E-state index is 13.8. The molecule has 4 aliphatic rings. The van der Waals surface area contributed by atoms with Crippen molar-refractivity contribution >= 4 is 45.6 Å². The highest BCUT2D eigenvalue weighted by atomic mass is 35.5. The number of allylic oxidation sites excluding steroid dienone is 1. The van der Waals surface area contributed by atoms with Gasteiger partial charge in [0.2, 0.25) is 5.91 Å². The molecule has 1 amide bonds. The second kappa shape index (κ2) is 12.5. The van der Waals surface area contributed by atoms with Gasteiger partial charge < -0.3 is 25.2 Å². The lowest BCUT2D eigenvalue weighted by atomic mass is 9.61. The SMILES string of the molecule is CN1CCC2(CC1)CC(Oc1cc3ncnc(Nc4ccc(F)c(Cl)c4)c3cc1NC(=O)/C=C/CC1C3CCC1CN(C)C3)C2. The molecule has 2 atom stereocenters. The number of rotatable bonds is 8. The van der Waals surface area contributed by atoms with Crippen molar-refractivity contribution in [2.24, 2.45) is 23.2 Å². The van der Waals surface area contributed by atoms with Gasteiger partial charge in [-0.1, -0.05) is 17.7 Å². The minimum atomic E-state index is -0.490. The number of aromatic nitrogens is 2. The topological polar surface area (TPSA) is 82.6 Å². The number of hydrogen-bond acceptors (Lipinski definition) is 7. The lowest BCUT2D eigenvalue weighted by Crippen LogP contribution is -2.50. The summed E-state index contributed by atoms with van der Waals surface area (Å²) in [5.74, 6) is 2.55. The van der Waals surface area contributed by atoms with E-state index in [9.17, 15) is 9.18 Å². The van der Waals surface area contributed by atoms with Crippen molar-refractivity contribution in [2.45, 2.75) is 51.0 Å². The first kappa shape index (κ1) is 30.4. The average Bonchev–Trinajstić information content (AvgIpc) is 3.23. The molecule has 2 saturated heterocycles. The Morgan fingerprint density at radius 2 is 1.84 bits per heavy atom. The summed E-state index contributed by atoms with van der Waals surface area (Å²) in [6.45, 7) is 4.56. The zero-order valence-electron chi connectivity index (χ0n) is 26.1. The van der Waals surface area contributed by atoms with Crippen molar-refractivity contribution < 1.29 is 13.9 Å². The van der Waals surface area contributed by atoms with Gasteiger partial charge in [-0.2, -0.15) is 0 Å². The Bertz CT molecular complexity index is 1590. The van der Waals surface area contributed by atoms with E-state index in [1.165, 1.54) is 44.1 Å². The molecule has 2 saturated carbocycles. The van der Waals surface area contributed by atoms with Crippen molar-refractivity contribution in [3.63, 3.8) is 0 Å². The van der Waals surface area contributed by atoms with Crippen LogP contribution in [0.3, 0.4) is 0 Å². The monoisotopic (exact) mass is 632 g/mol. The number of amides is 1. The zero-order valence-corrected chi connectivity index (χ0v) is 26.8. The number of nitrogens with one attached hydrogen (secondary N) is 2. The zero-order chi connectivity index (χ0) is 31.1. The van der Waals surface area contributed by atoms with Gasteiger partial charge in [-0.3, -0.25) is 4.79 Å². The van der Waals surface area contributed by atoms with E-state index in [1.54, 1.807) is 12.1 Å². The van der Waals surface area contributed by atoms with Gasteiger partial charge in [-0.05, 0) is 126 Å². The van der Waals surface area contributed by atoms with Crippen molar-refractivity contribution in [2.75, 3.05) is 50.9 Å². The second-order valence-electron chi connectivity index (χ2n) is 13.9. The molecular formula is C35H42ClFN6O2. The maximum Gasteiger partial charge on any atom is 0.248 e. The van der Waals surface area contributed by atoms with Crippen molar-refractivity contribution in [1.29, 1.82) is 0 Å². The number of fused-ring (bicyclic) bond motifs is 3. The third-order valence-corrected chi connectivity index (χ3v) is 11.0. The molecule has 8 nitrogen and oxygen atoms in total. The number of nitrogens with zero attached hydrogens (tertiary/aromatic N) is 4. The van der Waals surface area contributed by atoms with Crippen LogP contribution in [0.15, 0.2) is 48.8 Å². The first-order valence-electron chi connectivity index (χ1n) is 16.3. The van der Waals surface area contributed by atoms with Crippen LogP contribution in [-0.4, -0.2) is 72.1 Å². The van der Waals surface area contributed by atoms with Gasteiger partial charge in [0.15, 0.2) is 0 Å². The van der Waals surface area contributed by atoms with Crippen LogP contribution < -0.4 is 15.4 Å². The van der Waals surface area contributed by atoms with Crippen LogP contribution >= 0.6 is 11.6 Å². The summed E-state index contributed by atoms with van der Waals surface area (Å²) in [4.78, 5) is 27.1. The van der Waals surface area contributed by atoms with Gasteiger partial charge in [0.05, 0.1) is 22.3 Å². The number of hydrogen-bond donors (Lipinski definition) is 2. The standard InChI is InChI=1S/C35H42ClFN6O2/c1-42-12-10-35(11-13-42)17-25(18-35)45-32-16-30-27(34(39-21-38-30)40-24-8-9-29(37)28(36)14-24)15-31(32)41-33(44)5-3-4-26-22-6-7-23(26)20-43(2)19-22/h3,5,8-9,14-16,21-23,25-26H,4,6-7,10-13,17-20H2,1-2H3,(H,41,44)(H,38,39,40)/b5-3+. The van der Waals surface area contributed by atoms with Crippen LogP contribution in [-0.2, 0) is 4.79 Å². The highest BCUT2D eigenvalue weighted by molar-refractivity contribution is 6.31. The maximum absolute atomic E-state index is 13.8. The Hall–Kier alpha value is -3.27. The van der Waals surface area contributed by atoms with Crippen molar-refractivity contribution in [1.82, 2.24) is 19.8 Å². The molecule has 2 aromatic carbocycles. The van der Waals surface area contributed by atoms with Crippen LogP contribution in [0.4, 0.5) is 21.6 Å². The summed E-state index contributed by atoms with van der Waals surface area (Å²) in [7, 11) is 4.40. The van der Waals surface area contributed by atoms with Crippen LogP contribution in [0.2, 0.25) is 5.02 Å². The van der Waals surface area contributed by atoms with Crippen molar-refractivity contribution in [3.05, 3.63) is 59.7 Å². The Kier molecular flexibility index (Phi) is 8.44. The minimum Gasteiger partial charge on any atom is -0.488 e. The van der Waals surface area contributed by atoms with Gasteiger partial charge in [0, 0.05) is 30.2 Å². The first-order valence-corrected chi connectivity index (χ1v) is 16.6. The highest BCUT2D eigenvalue weighted by Gasteiger charge is 2.47. The summed E-state index contributed by atoms with van der Waals surface area (Å²) in [6, 6.07) is 8.18. The summed E-state index contributed by atoms with van der Waals surface area (Å²) in [5.41, 5.74) is 2.21. The fourth-order valence-corrected chi connectivity index (χ4v) is 8.40. The predicted molar refractivity (Wildman–Crippen MR) is 177 cm³/mol. The van der Waals surface area contributed by atoms with E-state index >= 15 is 0 Å². The number of halogens is 2. The summed E-state index contributed by atoms with van der Waals surface area (Å²) in [6.07, 6.45) is 13.2. The number of carbonyl (C=O) groups excluding carboxylic acids is 1. The van der Waals surface area contributed by atoms with E-state index in [4.69, 9.17) is 16.3 Å². The number of ether oxygens (including phenoxy) is 1. The number of piperidine rings is 2. The molecule has 2 aliphatic carbocycles. The number of likely N-dealkylation sites (tertiary alicyclic amines) is 2. The molecule has 45 heavy (non-hydrogen) atoms. The molecule has 10 heteroatoms. The van der Waals surface area contributed by atoms with Gasteiger partial charge in [0.25, 0.3) is 0 Å². The fourth-order valence-electron chi connectivity index (χ4n) is 8.22.